The Labute approximate surface area is 113 Å². The fourth-order valence-electron chi connectivity index (χ4n) is 2.66. The number of aliphatic hydroxyl groups is 2. The number of carbonyl (C=O) groups is 1. The minimum Gasteiger partial charge on any atom is -0.396 e. The number of aliphatic hydroxyl groups excluding tert-OH is 2. The summed E-state index contributed by atoms with van der Waals surface area (Å²) < 4.78 is 0. The smallest absolute Gasteiger partial charge is 0.225 e. The summed E-state index contributed by atoms with van der Waals surface area (Å²) in [4.78, 5) is 14.1. The molecule has 2 atom stereocenters. The number of nitrogens with zero attached hydrogens (tertiary/aromatic N) is 1. The van der Waals surface area contributed by atoms with Crippen LogP contribution in [0.5, 0.6) is 0 Å². The fourth-order valence-corrected chi connectivity index (χ4v) is 2.66. The highest BCUT2D eigenvalue weighted by Crippen LogP contribution is 2.28. The van der Waals surface area contributed by atoms with Crippen LogP contribution in [0.3, 0.4) is 0 Å². The van der Waals surface area contributed by atoms with Crippen LogP contribution in [0, 0.1) is 5.92 Å². The average molecular weight is 263 g/mol. The summed E-state index contributed by atoms with van der Waals surface area (Å²) in [6.45, 7) is 3.08. The second-order valence-electron chi connectivity index (χ2n) is 5.21. The lowest BCUT2D eigenvalue weighted by Gasteiger charge is -2.35. The van der Waals surface area contributed by atoms with Gasteiger partial charge in [0, 0.05) is 31.5 Å². The van der Waals surface area contributed by atoms with Crippen molar-refractivity contribution in [2.75, 3.05) is 19.8 Å². The summed E-state index contributed by atoms with van der Waals surface area (Å²) >= 11 is 0. The molecule has 1 aromatic rings. The van der Waals surface area contributed by atoms with Gasteiger partial charge in [-0.1, -0.05) is 31.2 Å². The Bertz CT molecular complexity index is 447. The van der Waals surface area contributed by atoms with Gasteiger partial charge in [-0.05, 0) is 17.5 Å². The van der Waals surface area contributed by atoms with E-state index in [2.05, 4.69) is 0 Å². The molecule has 0 spiro atoms. The van der Waals surface area contributed by atoms with Crippen LogP contribution in [-0.4, -0.2) is 40.8 Å². The van der Waals surface area contributed by atoms with E-state index in [4.69, 9.17) is 5.11 Å². The van der Waals surface area contributed by atoms with E-state index in [0.717, 1.165) is 11.1 Å². The van der Waals surface area contributed by atoms with E-state index in [1.807, 2.05) is 31.2 Å². The zero-order chi connectivity index (χ0) is 13.8. The Balaban J connectivity index is 2.17. The van der Waals surface area contributed by atoms with Crippen LogP contribution < -0.4 is 0 Å². The standard InChI is InChI=1S/C15H21NO3/c1-11(6-7-17)15(19)16-8-12-4-2-3-5-14(12)13(9-16)10-18/h2-5,11,13,17-18H,6-10H2,1H3. The lowest BCUT2D eigenvalue weighted by molar-refractivity contribution is -0.137. The normalized spacial score (nSPS) is 19.9. The molecule has 1 amide bonds. The van der Waals surface area contributed by atoms with Crippen LogP contribution in [0.15, 0.2) is 24.3 Å². The third-order valence-electron chi connectivity index (χ3n) is 3.81. The molecule has 2 unspecified atom stereocenters. The summed E-state index contributed by atoms with van der Waals surface area (Å²) in [5.74, 6) is -0.119. The van der Waals surface area contributed by atoms with E-state index >= 15 is 0 Å². The zero-order valence-corrected chi connectivity index (χ0v) is 11.2. The maximum absolute atomic E-state index is 12.3. The number of amides is 1. The van der Waals surface area contributed by atoms with Crippen LogP contribution in [0.2, 0.25) is 0 Å². The first kappa shape index (κ1) is 14.0. The summed E-state index contributed by atoms with van der Waals surface area (Å²) in [6, 6.07) is 7.95. The Kier molecular flexibility index (Phi) is 4.56. The van der Waals surface area contributed by atoms with Gasteiger partial charge >= 0.3 is 0 Å². The van der Waals surface area contributed by atoms with E-state index in [1.165, 1.54) is 0 Å². The predicted molar refractivity (Wildman–Crippen MR) is 72.6 cm³/mol. The topological polar surface area (TPSA) is 60.8 Å². The SMILES string of the molecule is CC(CCO)C(=O)N1Cc2ccccc2C(CO)C1. The maximum atomic E-state index is 12.3. The molecule has 4 nitrogen and oxygen atoms in total. The molecule has 1 aliphatic heterocycles. The maximum Gasteiger partial charge on any atom is 0.225 e. The van der Waals surface area contributed by atoms with Crippen LogP contribution in [-0.2, 0) is 11.3 Å². The highest BCUT2D eigenvalue weighted by atomic mass is 16.3. The molecule has 0 radical (unpaired) electrons. The van der Waals surface area contributed by atoms with Crippen molar-refractivity contribution in [3.05, 3.63) is 35.4 Å². The molecular formula is C15H21NO3. The summed E-state index contributed by atoms with van der Waals surface area (Å²) in [5.41, 5.74) is 2.25. The molecule has 0 bridgehead atoms. The van der Waals surface area contributed by atoms with E-state index in [0.29, 0.717) is 19.5 Å². The Morgan fingerprint density at radius 1 is 1.42 bits per heavy atom. The molecule has 0 aromatic heterocycles. The van der Waals surface area contributed by atoms with Gasteiger partial charge in [0.15, 0.2) is 0 Å². The quantitative estimate of drug-likeness (QED) is 0.856. The van der Waals surface area contributed by atoms with Crippen molar-refractivity contribution in [3.63, 3.8) is 0 Å². The van der Waals surface area contributed by atoms with Crippen LogP contribution >= 0.6 is 0 Å². The lowest BCUT2D eigenvalue weighted by atomic mass is 9.89. The van der Waals surface area contributed by atoms with Crippen molar-refractivity contribution in [1.29, 1.82) is 0 Å². The largest absolute Gasteiger partial charge is 0.396 e. The van der Waals surface area contributed by atoms with E-state index < -0.39 is 0 Å². The third-order valence-corrected chi connectivity index (χ3v) is 3.81. The van der Waals surface area contributed by atoms with Crippen LogP contribution in [0.25, 0.3) is 0 Å². The molecule has 0 fully saturated rings. The molecule has 104 valence electrons. The molecule has 19 heavy (non-hydrogen) atoms. The minimum atomic E-state index is -0.172. The molecule has 1 heterocycles. The van der Waals surface area contributed by atoms with Gasteiger partial charge in [-0.25, -0.2) is 0 Å². The lowest BCUT2D eigenvalue weighted by Crippen LogP contribution is -2.41. The summed E-state index contributed by atoms with van der Waals surface area (Å²) in [5, 5.41) is 18.4. The molecule has 1 aromatic carbocycles. The Morgan fingerprint density at radius 2 is 2.16 bits per heavy atom. The molecule has 0 aliphatic carbocycles. The van der Waals surface area contributed by atoms with Gasteiger partial charge in [0.25, 0.3) is 0 Å². The van der Waals surface area contributed by atoms with Gasteiger partial charge in [0.05, 0.1) is 6.61 Å². The van der Waals surface area contributed by atoms with E-state index in [-0.39, 0.29) is 31.0 Å². The predicted octanol–water partition coefficient (Wildman–Crippen LogP) is 1.12. The molecule has 1 aliphatic rings. The number of benzene rings is 1. The van der Waals surface area contributed by atoms with Gasteiger partial charge < -0.3 is 15.1 Å². The first-order chi connectivity index (χ1) is 9.17. The molecule has 0 saturated heterocycles. The summed E-state index contributed by atoms with van der Waals surface area (Å²) in [6.07, 6.45) is 0.487. The molecule has 2 N–H and O–H groups in total. The Morgan fingerprint density at radius 3 is 2.84 bits per heavy atom. The monoisotopic (exact) mass is 263 g/mol. The number of hydrogen-bond donors (Lipinski definition) is 2. The van der Waals surface area contributed by atoms with Gasteiger partial charge in [-0.3, -0.25) is 4.79 Å². The van der Waals surface area contributed by atoms with Crippen molar-refractivity contribution in [2.45, 2.75) is 25.8 Å². The van der Waals surface area contributed by atoms with E-state index in [9.17, 15) is 9.90 Å². The van der Waals surface area contributed by atoms with Crippen molar-refractivity contribution in [1.82, 2.24) is 4.90 Å². The number of fused-ring (bicyclic) bond motifs is 1. The second kappa shape index (κ2) is 6.17. The number of rotatable bonds is 4. The van der Waals surface area contributed by atoms with Crippen LogP contribution in [0.4, 0.5) is 0 Å². The van der Waals surface area contributed by atoms with Gasteiger partial charge in [-0.15, -0.1) is 0 Å². The Hall–Kier alpha value is -1.39. The number of hydrogen-bond acceptors (Lipinski definition) is 3. The van der Waals surface area contributed by atoms with Crippen molar-refractivity contribution in [2.24, 2.45) is 5.92 Å². The zero-order valence-electron chi connectivity index (χ0n) is 11.2. The average Bonchev–Trinajstić information content (AvgIpc) is 2.45. The first-order valence-corrected chi connectivity index (χ1v) is 6.75. The fraction of sp³-hybridized carbons (Fsp3) is 0.533. The first-order valence-electron chi connectivity index (χ1n) is 6.75. The van der Waals surface area contributed by atoms with Crippen molar-refractivity contribution >= 4 is 5.91 Å². The minimum absolute atomic E-state index is 0.00442. The van der Waals surface area contributed by atoms with Crippen molar-refractivity contribution in [3.8, 4) is 0 Å². The van der Waals surface area contributed by atoms with Gasteiger partial charge in [0.2, 0.25) is 5.91 Å². The molecule has 4 heteroatoms. The van der Waals surface area contributed by atoms with E-state index in [1.54, 1.807) is 4.90 Å². The molecule has 2 rings (SSSR count). The number of carbonyl (C=O) groups excluding carboxylic acids is 1. The van der Waals surface area contributed by atoms with Gasteiger partial charge in [0.1, 0.15) is 0 Å². The molecule has 0 saturated carbocycles. The second-order valence-corrected chi connectivity index (χ2v) is 5.21. The highest BCUT2D eigenvalue weighted by molar-refractivity contribution is 5.79. The molecular weight excluding hydrogens is 242 g/mol. The highest BCUT2D eigenvalue weighted by Gasteiger charge is 2.29. The summed E-state index contributed by atoms with van der Waals surface area (Å²) in [7, 11) is 0. The third kappa shape index (κ3) is 2.96. The van der Waals surface area contributed by atoms with Gasteiger partial charge in [-0.2, -0.15) is 0 Å². The van der Waals surface area contributed by atoms with Crippen LogP contribution in [0.1, 0.15) is 30.4 Å². The van der Waals surface area contributed by atoms with Crippen molar-refractivity contribution < 1.29 is 15.0 Å².